The molecule has 0 aliphatic heterocycles. The number of ether oxygens (including phenoxy) is 2. The Balaban J connectivity index is 1.40. The van der Waals surface area contributed by atoms with Gasteiger partial charge in [-0.2, -0.15) is 8.78 Å². The first-order chi connectivity index (χ1) is 16.5. The number of nitrogens with zero attached hydrogens (tertiary/aromatic N) is 1. The van der Waals surface area contributed by atoms with Gasteiger partial charge in [-0.3, -0.25) is 4.79 Å². The van der Waals surface area contributed by atoms with Crippen molar-refractivity contribution in [1.29, 1.82) is 0 Å². The van der Waals surface area contributed by atoms with Crippen molar-refractivity contribution in [3.05, 3.63) is 72.0 Å². The van der Waals surface area contributed by atoms with E-state index in [2.05, 4.69) is 4.74 Å². The molecule has 0 spiro atoms. The normalized spacial score (nSPS) is 13.5. The second-order valence-corrected chi connectivity index (χ2v) is 8.44. The number of benzene rings is 3. The van der Waals surface area contributed by atoms with Crippen LogP contribution in [0.3, 0.4) is 0 Å². The van der Waals surface area contributed by atoms with Crippen LogP contribution in [-0.2, 0) is 17.8 Å². The predicted octanol–water partition coefficient (Wildman–Crippen LogP) is 6.32. The maximum absolute atomic E-state index is 13.4. The highest BCUT2D eigenvalue weighted by atomic mass is 19.3. The summed E-state index contributed by atoms with van der Waals surface area (Å²) in [5.41, 5.74) is 2.42. The van der Waals surface area contributed by atoms with E-state index in [-0.39, 0.29) is 29.9 Å². The van der Waals surface area contributed by atoms with Crippen molar-refractivity contribution < 1.29 is 27.5 Å². The Bertz CT molecular complexity index is 1330. The zero-order chi connectivity index (χ0) is 23.7. The second kappa shape index (κ2) is 9.33. The van der Waals surface area contributed by atoms with E-state index in [0.717, 1.165) is 45.7 Å². The smallest absolute Gasteiger partial charge is 0.387 e. The first kappa shape index (κ1) is 22.2. The van der Waals surface area contributed by atoms with Crippen LogP contribution in [0.1, 0.15) is 30.9 Å². The maximum Gasteiger partial charge on any atom is 0.387 e. The molecule has 1 amide bonds. The summed E-state index contributed by atoms with van der Waals surface area (Å²) in [7, 11) is 0. The van der Waals surface area contributed by atoms with Crippen LogP contribution in [0.5, 0.6) is 11.5 Å². The van der Waals surface area contributed by atoms with Gasteiger partial charge in [0.1, 0.15) is 5.58 Å². The van der Waals surface area contributed by atoms with Gasteiger partial charge in [-0.05, 0) is 54.3 Å². The molecule has 1 saturated carbocycles. The number of amides is 1. The van der Waals surface area contributed by atoms with E-state index in [0.29, 0.717) is 13.2 Å². The van der Waals surface area contributed by atoms with Gasteiger partial charge in [0.2, 0.25) is 5.91 Å². The summed E-state index contributed by atoms with van der Waals surface area (Å²) in [6.45, 7) is -0.474. The van der Waals surface area contributed by atoms with Crippen molar-refractivity contribution in [2.45, 2.75) is 45.4 Å². The zero-order valence-electron chi connectivity index (χ0n) is 18.8. The van der Waals surface area contributed by atoms with Gasteiger partial charge in [0, 0.05) is 23.5 Å². The highest BCUT2D eigenvalue weighted by Crippen LogP contribution is 2.35. The molecular formula is C27H25F2NO4. The van der Waals surface area contributed by atoms with E-state index >= 15 is 0 Å². The van der Waals surface area contributed by atoms with Crippen LogP contribution in [-0.4, -0.2) is 30.1 Å². The summed E-state index contributed by atoms with van der Waals surface area (Å²) in [4.78, 5) is 15.3. The lowest BCUT2D eigenvalue weighted by Gasteiger charge is -2.23. The molecule has 0 N–H and O–H groups in total. The van der Waals surface area contributed by atoms with Gasteiger partial charge < -0.3 is 18.8 Å². The average Bonchev–Trinajstić information content (AvgIpc) is 3.59. The van der Waals surface area contributed by atoms with Crippen molar-refractivity contribution in [3.63, 3.8) is 0 Å². The highest BCUT2D eigenvalue weighted by molar-refractivity contribution is 6.08. The van der Waals surface area contributed by atoms with Crippen molar-refractivity contribution in [2.75, 3.05) is 6.61 Å². The number of carbonyl (C=O) groups excluding carboxylic acids is 1. The molecule has 4 aromatic rings. The van der Waals surface area contributed by atoms with Crippen LogP contribution in [0.4, 0.5) is 8.78 Å². The van der Waals surface area contributed by atoms with Crippen LogP contribution < -0.4 is 9.47 Å². The number of rotatable bonds is 9. The van der Waals surface area contributed by atoms with Crippen LogP contribution in [0.25, 0.3) is 21.7 Å². The van der Waals surface area contributed by atoms with Gasteiger partial charge in [-0.1, -0.05) is 36.4 Å². The number of carbonyl (C=O) groups is 1. The minimum atomic E-state index is -2.93. The first-order valence-corrected chi connectivity index (χ1v) is 11.4. The van der Waals surface area contributed by atoms with Crippen molar-refractivity contribution in [2.24, 2.45) is 0 Å². The SMILES string of the molecule is CCOc1cc(CN(C(=O)Cc2coc3ccc4ccccc4c23)C2CC2)ccc1OC(F)F. The van der Waals surface area contributed by atoms with Gasteiger partial charge in [0.05, 0.1) is 19.3 Å². The Labute approximate surface area is 195 Å². The van der Waals surface area contributed by atoms with Gasteiger partial charge in [0.15, 0.2) is 11.5 Å². The fourth-order valence-electron chi connectivity index (χ4n) is 4.39. The Morgan fingerprint density at radius 3 is 2.71 bits per heavy atom. The van der Waals surface area contributed by atoms with Crippen molar-refractivity contribution in [1.82, 2.24) is 4.90 Å². The van der Waals surface area contributed by atoms with E-state index in [4.69, 9.17) is 9.15 Å². The molecule has 5 rings (SSSR count). The molecule has 0 unspecified atom stereocenters. The van der Waals surface area contributed by atoms with Gasteiger partial charge in [-0.25, -0.2) is 0 Å². The van der Waals surface area contributed by atoms with E-state index in [9.17, 15) is 13.6 Å². The number of halogens is 2. The molecular weight excluding hydrogens is 440 g/mol. The largest absolute Gasteiger partial charge is 0.490 e. The van der Waals surface area contributed by atoms with Gasteiger partial charge in [-0.15, -0.1) is 0 Å². The molecule has 1 aromatic heterocycles. The molecule has 5 nitrogen and oxygen atoms in total. The molecule has 0 bridgehead atoms. The Morgan fingerprint density at radius 1 is 1.12 bits per heavy atom. The fraction of sp³-hybridized carbons (Fsp3) is 0.296. The lowest BCUT2D eigenvalue weighted by atomic mass is 10.0. The Hall–Kier alpha value is -3.61. The predicted molar refractivity (Wildman–Crippen MR) is 125 cm³/mol. The molecule has 3 aromatic carbocycles. The molecule has 0 atom stereocenters. The van der Waals surface area contributed by atoms with Crippen LogP contribution in [0.2, 0.25) is 0 Å². The molecule has 1 fully saturated rings. The van der Waals surface area contributed by atoms with Crippen LogP contribution in [0, 0.1) is 0 Å². The topological polar surface area (TPSA) is 51.9 Å². The third kappa shape index (κ3) is 4.55. The highest BCUT2D eigenvalue weighted by Gasteiger charge is 2.33. The van der Waals surface area contributed by atoms with E-state index in [1.807, 2.05) is 41.3 Å². The first-order valence-electron chi connectivity index (χ1n) is 11.4. The molecule has 0 radical (unpaired) electrons. The molecule has 34 heavy (non-hydrogen) atoms. The van der Waals surface area contributed by atoms with Crippen molar-refractivity contribution >= 4 is 27.6 Å². The standard InChI is InChI=1S/C27H25F2NO4/c1-2-32-24-13-17(7-11-22(24)34-27(28)29)15-30(20-9-10-20)25(31)14-19-16-33-23-12-8-18-5-3-4-6-21(18)26(19)23/h3-8,11-13,16,20,27H,2,9-10,14-15H2,1H3. The monoisotopic (exact) mass is 465 g/mol. The summed E-state index contributed by atoms with van der Waals surface area (Å²) in [5, 5.41) is 3.12. The summed E-state index contributed by atoms with van der Waals surface area (Å²) < 4.78 is 41.3. The third-order valence-electron chi connectivity index (χ3n) is 6.07. The minimum absolute atomic E-state index is 0.00370. The van der Waals surface area contributed by atoms with Gasteiger partial charge >= 0.3 is 6.61 Å². The summed E-state index contributed by atoms with van der Waals surface area (Å²) >= 11 is 0. The summed E-state index contributed by atoms with van der Waals surface area (Å²) in [5.74, 6) is 0.237. The molecule has 0 saturated heterocycles. The second-order valence-electron chi connectivity index (χ2n) is 8.44. The maximum atomic E-state index is 13.4. The number of fused-ring (bicyclic) bond motifs is 3. The third-order valence-corrected chi connectivity index (χ3v) is 6.07. The number of hydrogen-bond acceptors (Lipinski definition) is 4. The Morgan fingerprint density at radius 2 is 1.94 bits per heavy atom. The Kier molecular flexibility index (Phi) is 6.09. The summed E-state index contributed by atoms with van der Waals surface area (Å²) in [6, 6.07) is 17.0. The average molecular weight is 465 g/mol. The summed E-state index contributed by atoms with van der Waals surface area (Å²) in [6.07, 6.45) is 3.80. The molecule has 1 aliphatic rings. The van der Waals surface area contributed by atoms with Crippen molar-refractivity contribution in [3.8, 4) is 11.5 Å². The van der Waals surface area contributed by atoms with Crippen LogP contribution in [0.15, 0.2) is 65.3 Å². The van der Waals surface area contributed by atoms with E-state index in [1.165, 1.54) is 6.07 Å². The molecule has 7 heteroatoms. The van der Waals surface area contributed by atoms with E-state index < -0.39 is 6.61 Å². The number of hydrogen-bond donors (Lipinski definition) is 0. The van der Waals surface area contributed by atoms with E-state index in [1.54, 1.807) is 25.3 Å². The lowest BCUT2D eigenvalue weighted by molar-refractivity contribution is -0.131. The van der Waals surface area contributed by atoms with Gasteiger partial charge in [0.25, 0.3) is 0 Å². The molecule has 176 valence electrons. The quantitative estimate of drug-likeness (QED) is 0.290. The fourth-order valence-corrected chi connectivity index (χ4v) is 4.39. The number of alkyl halides is 2. The van der Waals surface area contributed by atoms with Crippen LogP contribution >= 0.6 is 0 Å². The lowest BCUT2D eigenvalue weighted by Crippen LogP contribution is -2.33. The molecule has 1 aliphatic carbocycles. The molecule has 1 heterocycles. The number of furan rings is 1. The minimum Gasteiger partial charge on any atom is -0.490 e. The zero-order valence-corrected chi connectivity index (χ0v) is 18.8.